The van der Waals surface area contributed by atoms with Crippen molar-refractivity contribution in [1.29, 1.82) is 0 Å². The van der Waals surface area contributed by atoms with Crippen LogP contribution in [0.5, 0.6) is 0 Å². The van der Waals surface area contributed by atoms with Crippen LogP contribution in [0, 0.1) is 11.8 Å². The summed E-state index contributed by atoms with van der Waals surface area (Å²) in [6.45, 7) is 3.66. The number of benzene rings is 1. The van der Waals surface area contributed by atoms with Crippen LogP contribution in [0.25, 0.3) is 0 Å². The predicted octanol–water partition coefficient (Wildman–Crippen LogP) is 1.15. The Morgan fingerprint density at radius 3 is 2.33 bits per heavy atom. The molecule has 2 amide bonds. The zero-order valence-corrected chi connectivity index (χ0v) is 16.5. The van der Waals surface area contributed by atoms with Crippen molar-refractivity contribution in [3.8, 4) is 0 Å². The Balaban J connectivity index is 1.75. The van der Waals surface area contributed by atoms with Gasteiger partial charge < -0.3 is 14.2 Å². The topological polar surface area (TPSA) is 116 Å². The number of anilines is 1. The molecule has 4 atom stereocenters. The average molecular weight is 413 g/mol. The molecule has 3 aliphatic rings. The second-order valence-electron chi connectivity index (χ2n) is 7.47. The number of rotatable bonds is 5. The van der Waals surface area contributed by atoms with E-state index >= 15 is 0 Å². The molecule has 0 saturated carbocycles. The molecule has 2 bridgehead atoms. The van der Waals surface area contributed by atoms with E-state index in [1.807, 2.05) is 0 Å². The molecule has 0 spiro atoms. The van der Waals surface area contributed by atoms with Gasteiger partial charge in [-0.15, -0.1) is 0 Å². The summed E-state index contributed by atoms with van der Waals surface area (Å²) in [5, 5.41) is 0. The summed E-state index contributed by atoms with van der Waals surface area (Å²) in [6, 6.07) is 6.20. The molecule has 9 heteroatoms. The molecule has 0 unspecified atom stereocenters. The van der Waals surface area contributed by atoms with Gasteiger partial charge in [-0.2, -0.15) is 0 Å². The minimum atomic E-state index is -1.60. The highest BCUT2D eigenvalue weighted by Gasteiger charge is 2.72. The van der Waals surface area contributed by atoms with Crippen LogP contribution in [0.4, 0.5) is 5.69 Å². The molecule has 9 nitrogen and oxygen atoms in total. The Morgan fingerprint density at radius 1 is 1.07 bits per heavy atom. The van der Waals surface area contributed by atoms with Gasteiger partial charge in [-0.3, -0.25) is 24.0 Å². The number of nitrogens with zero attached hydrogens (tertiary/aromatic N) is 1. The Morgan fingerprint density at radius 2 is 1.73 bits per heavy atom. The van der Waals surface area contributed by atoms with Gasteiger partial charge in [0.1, 0.15) is 0 Å². The van der Waals surface area contributed by atoms with Crippen LogP contribution in [-0.2, 0) is 33.4 Å². The highest BCUT2D eigenvalue weighted by Crippen LogP contribution is 2.54. The number of imide groups is 1. The molecule has 0 N–H and O–H groups in total. The van der Waals surface area contributed by atoms with Crippen molar-refractivity contribution in [3.05, 3.63) is 42.0 Å². The molecule has 2 fully saturated rings. The summed E-state index contributed by atoms with van der Waals surface area (Å²) in [4.78, 5) is 62.5. The number of ketones is 1. The van der Waals surface area contributed by atoms with Crippen molar-refractivity contribution in [1.82, 2.24) is 0 Å². The highest BCUT2D eigenvalue weighted by atomic mass is 16.7. The largest absolute Gasteiger partial charge is 0.422 e. The van der Waals surface area contributed by atoms with E-state index in [4.69, 9.17) is 14.2 Å². The average Bonchev–Trinajstić information content (AvgIpc) is 3.32. The molecule has 0 aromatic heterocycles. The van der Waals surface area contributed by atoms with Crippen LogP contribution >= 0.6 is 0 Å². The third-order valence-electron chi connectivity index (χ3n) is 5.50. The lowest BCUT2D eigenvalue weighted by Gasteiger charge is -2.34. The van der Waals surface area contributed by atoms with Crippen molar-refractivity contribution in [2.24, 2.45) is 11.8 Å². The van der Waals surface area contributed by atoms with Gasteiger partial charge in [-0.25, -0.2) is 4.90 Å². The Bertz CT molecular complexity index is 998. The summed E-state index contributed by atoms with van der Waals surface area (Å²) in [5.74, 6) is -4.66. The zero-order valence-electron chi connectivity index (χ0n) is 16.5. The van der Waals surface area contributed by atoms with Crippen molar-refractivity contribution in [2.75, 3.05) is 4.90 Å². The van der Waals surface area contributed by atoms with E-state index in [0.717, 1.165) is 18.7 Å². The van der Waals surface area contributed by atoms with Crippen molar-refractivity contribution < 1.29 is 38.2 Å². The van der Waals surface area contributed by atoms with Gasteiger partial charge in [-0.1, -0.05) is 18.2 Å². The highest BCUT2D eigenvalue weighted by molar-refractivity contribution is 6.23. The molecule has 3 aliphatic heterocycles. The van der Waals surface area contributed by atoms with E-state index in [1.54, 1.807) is 24.3 Å². The molecule has 4 rings (SSSR count). The van der Waals surface area contributed by atoms with Gasteiger partial charge >= 0.3 is 11.9 Å². The number of Topliss-reactive ketones (excluding diaryl/α,β-unsaturated/α-hetero) is 1. The maximum atomic E-state index is 13.4. The lowest BCUT2D eigenvalue weighted by molar-refractivity contribution is -0.226. The van der Waals surface area contributed by atoms with Crippen LogP contribution in [0.3, 0.4) is 0 Å². The first-order valence-electron chi connectivity index (χ1n) is 9.36. The van der Waals surface area contributed by atoms with Gasteiger partial charge in [0.05, 0.1) is 23.6 Å². The molecule has 156 valence electrons. The van der Waals surface area contributed by atoms with Crippen LogP contribution in [0.15, 0.2) is 36.4 Å². The standard InChI is InChI=1S/C21H19NO8/c1-10(23)13-5-4-6-14(9-13)22-18(26)16-15-7-8-21(30-15,17(16)19(22)27)20(28-11(2)24)29-12(3)25/h4-9,15-17,20H,1-3H3/t15-,16-,17+,21+/m1/s1. The number of hydrogen-bond acceptors (Lipinski definition) is 8. The number of hydrogen-bond donors (Lipinski definition) is 0. The fourth-order valence-electron chi connectivity index (χ4n) is 4.34. The van der Waals surface area contributed by atoms with Crippen molar-refractivity contribution in [3.63, 3.8) is 0 Å². The first kappa shape index (κ1) is 20.0. The zero-order chi connectivity index (χ0) is 21.8. The first-order valence-corrected chi connectivity index (χ1v) is 9.36. The fraction of sp³-hybridized carbons (Fsp3) is 0.381. The number of ether oxygens (including phenoxy) is 3. The Labute approximate surface area is 171 Å². The van der Waals surface area contributed by atoms with E-state index in [-0.39, 0.29) is 11.5 Å². The summed E-state index contributed by atoms with van der Waals surface area (Å²) in [5.41, 5.74) is -0.986. The number of fused-ring (bicyclic) bond motifs is 5. The first-order chi connectivity index (χ1) is 14.2. The number of carbonyl (C=O) groups excluding carboxylic acids is 5. The normalized spacial score (nSPS) is 28.8. The monoisotopic (exact) mass is 413 g/mol. The van der Waals surface area contributed by atoms with E-state index in [0.29, 0.717) is 5.56 Å². The lowest BCUT2D eigenvalue weighted by atomic mass is 9.76. The summed E-state index contributed by atoms with van der Waals surface area (Å²) >= 11 is 0. The summed E-state index contributed by atoms with van der Waals surface area (Å²) < 4.78 is 16.2. The predicted molar refractivity (Wildman–Crippen MR) is 100.0 cm³/mol. The van der Waals surface area contributed by atoms with E-state index in [1.165, 1.54) is 19.1 Å². The minimum absolute atomic E-state index is 0.206. The quantitative estimate of drug-likeness (QED) is 0.232. The van der Waals surface area contributed by atoms with Crippen LogP contribution in [0.2, 0.25) is 0 Å². The van der Waals surface area contributed by atoms with E-state index < -0.39 is 53.6 Å². The molecule has 1 aromatic carbocycles. The van der Waals surface area contributed by atoms with E-state index in [9.17, 15) is 24.0 Å². The maximum absolute atomic E-state index is 13.4. The maximum Gasteiger partial charge on any atom is 0.305 e. The van der Waals surface area contributed by atoms with Gasteiger partial charge in [-0.05, 0) is 25.1 Å². The summed E-state index contributed by atoms with van der Waals surface area (Å²) in [7, 11) is 0. The molecule has 2 saturated heterocycles. The van der Waals surface area contributed by atoms with Crippen LogP contribution in [0.1, 0.15) is 31.1 Å². The molecule has 0 radical (unpaired) electrons. The second-order valence-corrected chi connectivity index (χ2v) is 7.47. The number of carbonyl (C=O) groups is 5. The van der Waals surface area contributed by atoms with Gasteiger partial charge in [0, 0.05) is 19.4 Å². The molecule has 1 aromatic rings. The van der Waals surface area contributed by atoms with Crippen LogP contribution < -0.4 is 4.90 Å². The molecular formula is C21H19NO8. The summed E-state index contributed by atoms with van der Waals surface area (Å²) in [6.07, 6.45) is 0.850. The minimum Gasteiger partial charge on any atom is -0.422 e. The SMILES string of the molecule is CC(=O)OC(OC(C)=O)[C@@]12C=C[C@@H](O1)[C@H]1C(=O)N(c3cccc(C(C)=O)c3)C(=O)[C@H]12. The third-order valence-corrected chi connectivity index (χ3v) is 5.50. The lowest BCUT2D eigenvalue weighted by Crippen LogP contribution is -2.52. The molecule has 0 aliphatic carbocycles. The van der Waals surface area contributed by atoms with Gasteiger partial charge in [0.2, 0.25) is 11.8 Å². The smallest absolute Gasteiger partial charge is 0.305 e. The Hall–Kier alpha value is -3.33. The van der Waals surface area contributed by atoms with Gasteiger partial charge in [0.25, 0.3) is 6.29 Å². The Kier molecular flexibility index (Phi) is 4.58. The molecule has 30 heavy (non-hydrogen) atoms. The van der Waals surface area contributed by atoms with Gasteiger partial charge in [0.15, 0.2) is 11.4 Å². The van der Waals surface area contributed by atoms with Crippen LogP contribution in [-0.4, -0.2) is 47.5 Å². The number of esters is 2. The van der Waals surface area contributed by atoms with E-state index in [2.05, 4.69) is 0 Å². The third kappa shape index (κ3) is 2.85. The number of amides is 2. The fourth-order valence-corrected chi connectivity index (χ4v) is 4.34. The second kappa shape index (κ2) is 6.88. The molecule has 3 heterocycles. The molecular weight excluding hydrogens is 394 g/mol. The van der Waals surface area contributed by atoms with Crippen molar-refractivity contribution in [2.45, 2.75) is 38.8 Å². The van der Waals surface area contributed by atoms with Crippen molar-refractivity contribution >= 4 is 35.2 Å².